The van der Waals surface area contributed by atoms with Gasteiger partial charge in [0, 0.05) is 5.56 Å². The summed E-state index contributed by atoms with van der Waals surface area (Å²) in [5, 5.41) is 20.0. The van der Waals surface area contributed by atoms with Crippen molar-refractivity contribution < 1.29 is 24.6 Å². The molecule has 98 valence electrons. The molecule has 0 fully saturated rings. The molecule has 1 aromatic carbocycles. The Kier molecular flexibility index (Phi) is 5.44. The molecule has 7 heteroatoms. The van der Waals surface area contributed by atoms with Crippen LogP contribution in [0.3, 0.4) is 0 Å². The van der Waals surface area contributed by atoms with E-state index in [1.165, 1.54) is 6.21 Å². The van der Waals surface area contributed by atoms with Crippen molar-refractivity contribution in [1.82, 2.24) is 0 Å². The third-order valence-electron chi connectivity index (χ3n) is 1.88. The minimum Gasteiger partial charge on any atom is -0.490 e. The van der Waals surface area contributed by atoms with Gasteiger partial charge in [0.25, 0.3) is 0 Å². The fraction of sp³-hybridized carbons (Fsp3) is 0.273. The Balaban J connectivity index is 3.09. The maximum absolute atomic E-state index is 10.5. The zero-order chi connectivity index (χ0) is 13.5. The van der Waals surface area contributed by atoms with Crippen LogP contribution in [0.2, 0.25) is 0 Å². The first kappa shape index (κ1) is 14.3. The zero-order valence-electron chi connectivity index (χ0n) is 9.59. The van der Waals surface area contributed by atoms with Crippen LogP contribution in [-0.2, 0) is 4.79 Å². The minimum absolute atomic E-state index is 0.300. The molecule has 0 amide bonds. The van der Waals surface area contributed by atoms with Crippen molar-refractivity contribution in [3.63, 3.8) is 0 Å². The number of hydrogen-bond acceptors (Lipinski definition) is 5. The fourth-order valence-electron chi connectivity index (χ4n) is 1.27. The molecule has 0 spiro atoms. The van der Waals surface area contributed by atoms with Crippen LogP contribution in [0, 0.1) is 0 Å². The van der Waals surface area contributed by atoms with Gasteiger partial charge in [-0.05, 0) is 35.0 Å². The van der Waals surface area contributed by atoms with Gasteiger partial charge in [0.15, 0.2) is 18.1 Å². The molecule has 18 heavy (non-hydrogen) atoms. The summed E-state index contributed by atoms with van der Waals surface area (Å²) in [6.45, 7) is 1.73. The number of ether oxygens (including phenoxy) is 2. The first-order valence-electron chi connectivity index (χ1n) is 5.06. The zero-order valence-corrected chi connectivity index (χ0v) is 11.2. The highest BCUT2D eigenvalue weighted by Crippen LogP contribution is 2.36. The van der Waals surface area contributed by atoms with Gasteiger partial charge in [0.1, 0.15) is 0 Å². The van der Waals surface area contributed by atoms with E-state index in [1.54, 1.807) is 19.1 Å². The second-order valence-electron chi connectivity index (χ2n) is 3.19. The van der Waals surface area contributed by atoms with Crippen LogP contribution >= 0.6 is 15.9 Å². The van der Waals surface area contributed by atoms with E-state index in [4.69, 9.17) is 19.8 Å². The molecule has 1 aromatic rings. The lowest BCUT2D eigenvalue weighted by molar-refractivity contribution is -0.139. The maximum Gasteiger partial charge on any atom is 0.341 e. The standard InChI is InChI=1S/C11H12BrNO5/c1-2-17-9-4-7(5-13-16)3-8(12)11(9)18-6-10(14)15/h3-5,16H,2,6H2,1H3,(H,14,15)/b13-5+. The molecule has 0 saturated carbocycles. The van der Waals surface area contributed by atoms with Gasteiger partial charge in [0.05, 0.1) is 17.3 Å². The third kappa shape index (κ3) is 3.92. The molecule has 2 N–H and O–H groups in total. The lowest BCUT2D eigenvalue weighted by Crippen LogP contribution is -2.11. The monoisotopic (exact) mass is 317 g/mol. The number of rotatable bonds is 6. The highest BCUT2D eigenvalue weighted by Gasteiger charge is 2.13. The maximum atomic E-state index is 10.5. The van der Waals surface area contributed by atoms with E-state index in [1.807, 2.05) is 0 Å². The van der Waals surface area contributed by atoms with E-state index in [9.17, 15) is 4.79 Å². The molecular weight excluding hydrogens is 306 g/mol. The number of hydrogen-bond donors (Lipinski definition) is 2. The fourth-order valence-corrected chi connectivity index (χ4v) is 1.84. The molecule has 0 heterocycles. The number of carbonyl (C=O) groups is 1. The Bertz CT molecular complexity index is 461. The van der Waals surface area contributed by atoms with Crippen molar-refractivity contribution in [2.45, 2.75) is 6.92 Å². The quantitative estimate of drug-likeness (QED) is 0.476. The van der Waals surface area contributed by atoms with Crippen LogP contribution in [0.1, 0.15) is 12.5 Å². The van der Waals surface area contributed by atoms with E-state index in [2.05, 4.69) is 21.1 Å². The summed E-state index contributed by atoms with van der Waals surface area (Å²) < 4.78 is 11.0. The van der Waals surface area contributed by atoms with Crippen molar-refractivity contribution >= 4 is 28.1 Å². The predicted molar refractivity (Wildman–Crippen MR) is 67.8 cm³/mol. The first-order chi connectivity index (χ1) is 8.58. The molecule has 0 unspecified atom stereocenters. The van der Waals surface area contributed by atoms with Crippen molar-refractivity contribution in [2.75, 3.05) is 13.2 Å². The smallest absolute Gasteiger partial charge is 0.341 e. The average Bonchev–Trinajstić information content (AvgIpc) is 2.28. The van der Waals surface area contributed by atoms with Crippen LogP contribution < -0.4 is 9.47 Å². The van der Waals surface area contributed by atoms with Gasteiger partial charge in [0.2, 0.25) is 0 Å². The largest absolute Gasteiger partial charge is 0.490 e. The lowest BCUT2D eigenvalue weighted by atomic mass is 10.2. The summed E-state index contributed by atoms with van der Waals surface area (Å²) in [5.74, 6) is -0.400. The van der Waals surface area contributed by atoms with Crippen LogP contribution in [0.5, 0.6) is 11.5 Å². The molecule has 6 nitrogen and oxygen atoms in total. The van der Waals surface area contributed by atoms with Crippen molar-refractivity contribution in [3.05, 3.63) is 22.2 Å². The Morgan fingerprint density at radius 2 is 2.22 bits per heavy atom. The van der Waals surface area contributed by atoms with E-state index < -0.39 is 12.6 Å². The molecule has 0 aromatic heterocycles. The molecule has 1 rings (SSSR count). The summed E-state index contributed by atoms with van der Waals surface area (Å²) in [7, 11) is 0. The van der Waals surface area contributed by atoms with E-state index in [-0.39, 0.29) is 0 Å². The van der Waals surface area contributed by atoms with E-state index in [0.29, 0.717) is 28.1 Å². The van der Waals surface area contributed by atoms with Gasteiger partial charge in [-0.15, -0.1) is 0 Å². The van der Waals surface area contributed by atoms with Gasteiger partial charge in [-0.1, -0.05) is 5.16 Å². The third-order valence-corrected chi connectivity index (χ3v) is 2.47. The number of benzene rings is 1. The number of oxime groups is 1. The molecule has 0 bridgehead atoms. The van der Waals surface area contributed by atoms with Crippen LogP contribution in [0.4, 0.5) is 0 Å². The van der Waals surface area contributed by atoms with E-state index in [0.717, 1.165) is 0 Å². The molecular formula is C11H12BrNO5. The second-order valence-corrected chi connectivity index (χ2v) is 4.04. The molecule has 0 saturated heterocycles. The molecule has 0 atom stereocenters. The summed E-state index contributed by atoms with van der Waals surface area (Å²) in [4.78, 5) is 10.5. The van der Waals surface area contributed by atoms with Gasteiger partial charge in [-0.2, -0.15) is 0 Å². The van der Waals surface area contributed by atoms with Crippen molar-refractivity contribution in [3.8, 4) is 11.5 Å². The number of carboxylic acids is 1. The Hall–Kier alpha value is -1.76. The average molecular weight is 318 g/mol. The van der Waals surface area contributed by atoms with E-state index >= 15 is 0 Å². The van der Waals surface area contributed by atoms with Gasteiger partial charge < -0.3 is 19.8 Å². The Morgan fingerprint density at radius 1 is 1.50 bits per heavy atom. The summed E-state index contributed by atoms with van der Waals surface area (Å²) in [5.41, 5.74) is 0.593. The van der Waals surface area contributed by atoms with Crippen LogP contribution in [0.15, 0.2) is 21.8 Å². The van der Waals surface area contributed by atoms with Crippen LogP contribution in [0.25, 0.3) is 0 Å². The number of halogens is 1. The van der Waals surface area contributed by atoms with Gasteiger partial charge in [-0.3, -0.25) is 0 Å². The summed E-state index contributed by atoms with van der Waals surface area (Å²) in [6.07, 6.45) is 1.23. The highest BCUT2D eigenvalue weighted by atomic mass is 79.9. The number of aliphatic carboxylic acids is 1. The van der Waals surface area contributed by atoms with Crippen molar-refractivity contribution in [2.24, 2.45) is 5.16 Å². The molecule has 0 aliphatic heterocycles. The summed E-state index contributed by atoms with van der Waals surface area (Å²) >= 11 is 3.25. The Labute approximate surface area is 112 Å². The van der Waals surface area contributed by atoms with Crippen LogP contribution in [-0.4, -0.2) is 35.7 Å². The minimum atomic E-state index is -1.08. The first-order valence-corrected chi connectivity index (χ1v) is 5.86. The van der Waals surface area contributed by atoms with Gasteiger partial charge >= 0.3 is 5.97 Å². The summed E-state index contributed by atoms with van der Waals surface area (Å²) in [6, 6.07) is 3.21. The lowest BCUT2D eigenvalue weighted by Gasteiger charge is -2.13. The molecule has 0 aliphatic rings. The topological polar surface area (TPSA) is 88.4 Å². The molecule has 0 radical (unpaired) electrons. The number of carboxylic acid groups (broad SMARTS) is 1. The Morgan fingerprint density at radius 3 is 2.78 bits per heavy atom. The predicted octanol–water partition coefficient (Wildman–Crippen LogP) is 2.12. The normalized spacial score (nSPS) is 10.6. The number of nitrogens with zero attached hydrogens (tertiary/aromatic N) is 1. The highest BCUT2D eigenvalue weighted by molar-refractivity contribution is 9.10. The SMILES string of the molecule is CCOc1cc(/C=N/O)cc(Br)c1OCC(=O)O. The molecule has 0 aliphatic carbocycles. The van der Waals surface area contributed by atoms with Crippen molar-refractivity contribution in [1.29, 1.82) is 0 Å². The van der Waals surface area contributed by atoms with Gasteiger partial charge in [-0.25, -0.2) is 4.79 Å². The second kappa shape index (κ2) is 6.85.